The lowest BCUT2D eigenvalue weighted by Gasteiger charge is -2.14. The van der Waals surface area contributed by atoms with Crippen molar-refractivity contribution in [1.29, 1.82) is 5.26 Å². The molecule has 1 heterocycles. The van der Waals surface area contributed by atoms with E-state index in [0.29, 0.717) is 48.8 Å². The molecular formula is C28H36N8O2. The smallest absolute Gasteiger partial charge is 0.246 e. The number of nitriles is 1. The van der Waals surface area contributed by atoms with Crippen molar-refractivity contribution < 1.29 is 9.59 Å². The van der Waals surface area contributed by atoms with Crippen LogP contribution in [0.5, 0.6) is 0 Å². The van der Waals surface area contributed by atoms with Gasteiger partial charge >= 0.3 is 0 Å². The predicted octanol–water partition coefficient (Wildman–Crippen LogP) is 2.74. The van der Waals surface area contributed by atoms with E-state index in [2.05, 4.69) is 50.8 Å². The molecule has 1 aromatic carbocycles. The third-order valence-electron chi connectivity index (χ3n) is 5.11. The van der Waals surface area contributed by atoms with E-state index >= 15 is 0 Å². The standard InChI is InChI=1S/C28H36N8O2/c1-5-16-31-27-23(20-32-28(34-27)33-24-14-12-22(19-29)13-15-24)10-7-6-8-17-30-25(37)21-36(4)26(38)11-9-18-35(2)3/h9,11-15,20H,5-6,8,16-18,21H2,1-4H3,(H,30,37)(H2,31,32,33,34)/b11-9+. The molecule has 2 aromatic rings. The molecule has 0 aliphatic rings. The zero-order chi connectivity index (χ0) is 27.8. The van der Waals surface area contributed by atoms with Gasteiger partial charge in [-0.2, -0.15) is 10.2 Å². The lowest BCUT2D eigenvalue weighted by Crippen LogP contribution is -2.38. The number of anilines is 3. The number of likely N-dealkylation sites (N-methyl/N-ethyl adjacent to an activating group) is 2. The van der Waals surface area contributed by atoms with E-state index in [4.69, 9.17) is 5.26 Å². The molecule has 38 heavy (non-hydrogen) atoms. The minimum atomic E-state index is -0.209. The van der Waals surface area contributed by atoms with Gasteiger partial charge in [-0.1, -0.05) is 24.8 Å². The Labute approximate surface area is 225 Å². The lowest BCUT2D eigenvalue weighted by molar-refractivity contribution is -0.131. The monoisotopic (exact) mass is 516 g/mol. The van der Waals surface area contributed by atoms with E-state index in [1.807, 2.05) is 19.0 Å². The number of nitrogens with zero attached hydrogens (tertiary/aromatic N) is 5. The Balaban J connectivity index is 1.84. The van der Waals surface area contributed by atoms with Crippen LogP contribution in [0.1, 0.15) is 37.3 Å². The van der Waals surface area contributed by atoms with Crippen molar-refractivity contribution >= 4 is 29.3 Å². The van der Waals surface area contributed by atoms with Crippen LogP contribution in [-0.2, 0) is 9.59 Å². The van der Waals surface area contributed by atoms with Crippen molar-refractivity contribution in [3.05, 3.63) is 53.7 Å². The van der Waals surface area contributed by atoms with Gasteiger partial charge in [-0.25, -0.2) is 4.98 Å². The van der Waals surface area contributed by atoms with Gasteiger partial charge in [0.05, 0.1) is 29.9 Å². The Morgan fingerprint density at radius 1 is 1.13 bits per heavy atom. The SMILES string of the molecule is CCCNc1nc(Nc2ccc(C#N)cc2)ncc1C#CCCCNC(=O)CN(C)C(=O)/C=C/CN(C)C. The molecule has 0 radical (unpaired) electrons. The second kappa shape index (κ2) is 16.4. The molecule has 0 unspecified atom stereocenters. The maximum atomic E-state index is 12.1. The van der Waals surface area contributed by atoms with Crippen LogP contribution in [0.15, 0.2) is 42.6 Å². The number of benzene rings is 1. The van der Waals surface area contributed by atoms with Crippen molar-refractivity contribution in [2.75, 3.05) is 58.0 Å². The van der Waals surface area contributed by atoms with E-state index in [9.17, 15) is 9.59 Å². The van der Waals surface area contributed by atoms with E-state index in [1.54, 1.807) is 43.6 Å². The summed E-state index contributed by atoms with van der Waals surface area (Å²) in [7, 11) is 5.44. The Morgan fingerprint density at radius 2 is 1.89 bits per heavy atom. The van der Waals surface area contributed by atoms with Crippen molar-refractivity contribution in [2.45, 2.75) is 26.2 Å². The summed E-state index contributed by atoms with van der Waals surface area (Å²) in [5.41, 5.74) is 2.05. The number of carbonyl (C=O) groups is 2. The molecule has 200 valence electrons. The molecule has 10 heteroatoms. The minimum absolute atomic E-state index is 0.00344. The molecule has 0 saturated carbocycles. The molecule has 0 spiro atoms. The molecule has 3 N–H and O–H groups in total. The molecular weight excluding hydrogens is 480 g/mol. The molecule has 0 aliphatic carbocycles. The van der Waals surface area contributed by atoms with Crippen LogP contribution in [0.25, 0.3) is 0 Å². The number of nitrogens with one attached hydrogen (secondary N) is 3. The van der Waals surface area contributed by atoms with Crippen LogP contribution in [0, 0.1) is 23.2 Å². The third-order valence-corrected chi connectivity index (χ3v) is 5.11. The second-order valence-corrected chi connectivity index (χ2v) is 8.81. The van der Waals surface area contributed by atoms with Gasteiger partial charge in [0.2, 0.25) is 17.8 Å². The summed E-state index contributed by atoms with van der Waals surface area (Å²) in [5, 5.41) is 18.2. The number of carbonyl (C=O) groups excluding carboxylic acids is 2. The summed E-state index contributed by atoms with van der Waals surface area (Å²) in [4.78, 5) is 36.4. The van der Waals surface area contributed by atoms with Gasteiger partial charge in [0, 0.05) is 44.9 Å². The highest BCUT2D eigenvalue weighted by Crippen LogP contribution is 2.17. The zero-order valence-corrected chi connectivity index (χ0v) is 22.5. The number of hydrogen-bond donors (Lipinski definition) is 3. The molecule has 0 fully saturated rings. The van der Waals surface area contributed by atoms with Crippen LogP contribution in [0.4, 0.5) is 17.5 Å². The van der Waals surface area contributed by atoms with Crippen molar-refractivity contribution in [2.24, 2.45) is 0 Å². The van der Waals surface area contributed by atoms with Crippen LogP contribution < -0.4 is 16.0 Å². The van der Waals surface area contributed by atoms with Crippen LogP contribution in [0.3, 0.4) is 0 Å². The van der Waals surface area contributed by atoms with Crippen molar-refractivity contribution in [1.82, 2.24) is 25.1 Å². The van der Waals surface area contributed by atoms with E-state index < -0.39 is 0 Å². The molecule has 10 nitrogen and oxygen atoms in total. The summed E-state index contributed by atoms with van der Waals surface area (Å²) in [6.07, 6.45) is 7.11. The number of unbranched alkanes of at least 4 members (excludes halogenated alkanes) is 1. The summed E-state index contributed by atoms with van der Waals surface area (Å²) in [6, 6.07) is 9.14. The van der Waals surface area contributed by atoms with Gasteiger partial charge in [0.25, 0.3) is 0 Å². The molecule has 0 aliphatic heterocycles. The molecule has 0 saturated heterocycles. The van der Waals surface area contributed by atoms with Gasteiger partial charge in [-0.15, -0.1) is 0 Å². The largest absolute Gasteiger partial charge is 0.369 e. The first-order valence-electron chi connectivity index (χ1n) is 12.5. The molecule has 0 atom stereocenters. The lowest BCUT2D eigenvalue weighted by atomic mass is 10.2. The topological polar surface area (TPSA) is 126 Å². The summed E-state index contributed by atoms with van der Waals surface area (Å²) in [5.74, 6) is 6.89. The zero-order valence-electron chi connectivity index (χ0n) is 22.5. The van der Waals surface area contributed by atoms with Crippen LogP contribution in [0.2, 0.25) is 0 Å². The number of aromatic nitrogens is 2. The molecule has 1 aromatic heterocycles. The number of rotatable bonds is 13. The summed E-state index contributed by atoms with van der Waals surface area (Å²) in [6.45, 7) is 3.95. The fourth-order valence-electron chi connectivity index (χ4n) is 3.07. The highest BCUT2D eigenvalue weighted by molar-refractivity contribution is 5.91. The van der Waals surface area contributed by atoms with Crippen molar-refractivity contribution in [3.8, 4) is 17.9 Å². The van der Waals surface area contributed by atoms with Crippen LogP contribution >= 0.6 is 0 Å². The Hall–Kier alpha value is -4.41. The Kier molecular flexibility index (Phi) is 12.8. The first-order valence-corrected chi connectivity index (χ1v) is 12.5. The molecule has 2 rings (SSSR count). The third kappa shape index (κ3) is 11.1. The highest BCUT2D eigenvalue weighted by atomic mass is 16.2. The quantitative estimate of drug-likeness (QED) is 0.211. The maximum absolute atomic E-state index is 12.1. The average molecular weight is 517 g/mol. The average Bonchev–Trinajstić information content (AvgIpc) is 2.90. The summed E-state index contributed by atoms with van der Waals surface area (Å²) < 4.78 is 0. The molecule has 2 amide bonds. The van der Waals surface area contributed by atoms with Gasteiger partial charge in [-0.3, -0.25) is 9.59 Å². The minimum Gasteiger partial charge on any atom is -0.369 e. The summed E-state index contributed by atoms with van der Waals surface area (Å²) >= 11 is 0. The Bertz CT molecular complexity index is 1190. The van der Waals surface area contributed by atoms with E-state index in [-0.39, 0.29) is 18.4 Å². The van der Waals surface area contributed by atoms with Gasteiger partial charge in [0.15, 0.2) is 0 Å². The molecule has 0 bridgehead atoms. The van der Waals surface area contributed by atoms with E-state index in [1.165, 1.54) is 11.0 Å². The van der Waals surface area contributed by atoms with Gasteiger partial charge in [-0.05, 0) is 51.2 Å². The first kappa shape index (κ1) is 29.8. The van der Waals surface area contributed by atoms with Gasteiger partial charge in [0.1, 0.15) is 5.82 Å². The van der Waals surface area contributed by atoms with Crippen molar-refractivity contribution in [3.63, 3.8) is 0 Å². The fourth-order valence-corrected chi connectivity index (χ4v) is 3.07. The highest BCUT2D eigenvalue weighted by Gasteiger charge is 2.10. The predicted molar refractivity (Wildman–Crippen MR) is 150 cm³/mol. The van der Waals surface area contributed by atoms with E-state index in [0.717, 1.165) is 18.7 Å². The number of hydrogen-bond acceptors (Lipinski definition) is 8. The Morgan fingerprint density at radius 3 is 2.58 bits per heavy atom. The van der Waals surface area contributed by atoms with Gasteiger partial charge < -0.3 is 25.8 Å². The number of amides is 2. The first-order chi connectivity index (χ1) is 18.3. The fraction of sp³-hybridized carbons (Fsp3) is 0.393. The normalized spacial score (nSPS) is 10.4. The second-order valence-electron chi connectivity index (χ2n) is 8.81. The van der Waals surface area contributed by atoms with Crippen LogP contribution in [-0.4, -0.2) is 78.9 Å². The maximum Gasteiger partial charge on any atom is 0.246 e.